The molecule has 0 bridgehead atoms. The summed E-state index contributed by atoms with van der Waals surface area (Å²) in [5.74, 6) is 0. The Balaban J connectivity index is 1.87. The fourth-order valence-electron chi connectivity index (χ4n) is 2.00. The molecule has 3 aromatic rings. The van der Waals surface area contributed by atoms with Gasteiger partial charge in [-0.2, -0.15) is 0 Å². The molecule has 0 aliphatic rings. The number of thioether (sulfide) groups is 1. The Bertz CT molecular complexity index is 825. The van der Waals surface area contributed by atoms with E-state index in [1.54, 1.807) is 23.9 Å². The van der Waals surface area contributed by atoms with Crippen LogP contribution in [0.2, 0.25) is 0 Å². The van der Waals surface area contributed by atoms with Crippen molar-refractivity contribution in [2.45, 2.75) is 4.90 Å². The average Bonchev–Trinajstić information content (AvgIpc) is 2.64. The van der Waals surface area contributed by atoms with Crippen LogP contribution in [-0.4, -0.2) is 28.9 Å². The Hall–Kier alpha value is -2.13. The number of hydrogen-bond acceptors (Lipinski definition) is 4. The van der Waals surface area contributed by atoms with Crippen molar-refractivity contribution in [1.82, 2.24) is 0 Å². The molecule has 0 saturated heterocycles. The van der Waals surface area contributed by atoms with E-state index in [9.17, 15) is 10.1 Å². The normalized spacial score (nSPS) is 11.3. The van der Waals surface area contributed by atoms with E-state index in [0.717, 1.165) is 13.7 Å². The first kappa shape index (κ1) is 17.7. The van der Waals surface area contributed by atoms with Crippen LogP contribution in [0.1, 0.15) is 0 Å². The van der Waals surface area contributed by atoms with E-state index in [2.05, 4.69) is 24.3 Å². The molecule has 0 atom stereocenters. The first-order chi connectivity index (χ1) is 12.2. The Morgan fingerprint density at radius 2 is 1.48 bits per heavy atom. The molecular formula is C19H14N2O2STe. The Morgan fingerprint density at radius 1 is 0.880 bits per heavy atom. The van der Waals surface area contributed by atoms with Crippen LogP contribution in [-0.2, 0) is 0 Å². The second-order valence-electron chi connectivity index (χ2n) is 4.98. The standard InChI is InChI=1S/C19H14N2O2STe/c22-21(23)16-13-11-15(12-14-16)20-19(24-17-7-3-1-4-8-17)25-18-9-5-2-6-10-18/h1-14H. The van der Waals surface area contributed by atoms with Crippen LogP contribution < -0.4 is 3.61 Å². The Morgan fingerprint density at radius 3 is 2.08 bits per heavy atom. The van der Waals surface area contributed by atoms with Crippen LogP contribution in [0.3, 0.4) is 0 Å². The van der Waals surface area contributed by atoms with Crippen molar-refractivity contribution in [3.05, 3.63) is 95.0 Å². The maximum atomic E-state index is 10.8. The van der Waals surface area contributed by atoms with Crippen molar-refractivity contribution in [2.75, 3.05) is 0 Å². The van der Waals surface area contributed by atoms with Gasteiger partial charge in [-0.05, 0) is 0 Å². The molecule has 0 saturated carbocycles. The maximum absolute atomic E-state index is 10.8. The van der Waals surface area contributed by atoms with Gasteiger partial charge in [0.1, 0.15) is 0 Å². The molecule has 0 radical (unpaired) electrons. The predicted octanol–water partition coefficient (Wildman–Crippen LogP) is 4.40. The number of nitro benzene ring substituents is 1. The number of non-ortho nitro benzene ring substituents is 1. The van der Waals surface area contributed by atoms with E-state index in [0.29, 0.717) is 0 Å². The molecule has 0 amide bonds. The quantitative estimate of drug-likeness (QED) is 0.141. The van der Waals surface area contributed by atoms with Crippen LogP contribution in [0.4, 0.5) is 11.4 Å². The van der Waals surface area contributed by atoms with E-state index < -0.39 is 25.8 Å². The molecule has 0 unspecified atom stereocenters. The Labute approximate surface area is 160 Å². The van der Waals surface area contributed by atoms with Crippen molar-refractivity contribution in [1.29, 1.82) is 0 Å². The first-order valence-electron chi connectivity index (χ1n) is 7.50. The summed E-state index contributed by atoms with van der Waals surface area (Å²) in [5.41, 5.74) is 0.820. The minimum absolute atomic E-state index is 0.0794. The van der Waals surface area contributed by atoms with Gasteiger partial charge in [-0.25, -0.2) is 0 Å². The SMILES string of the molecule is O=[N+]([O-])c1ccc(N=C(Sc2ccccc2)[Te]c2ccccc2)cc1. The molecule has 0 spiro atoms. The van der Waals surface area contributed by atoms with Crippen molar-refractivity contribution < 1.29 is 4.92 Å². The fourth-order valence-corrected chi connectivity index (χ4v) is 6.36. The van der Waals surface area contributed by atoms with Gasteiger partial charge in [-0.3, -0.25) is 0 Å². The third-order valence-electron chi connectivity index (χ3n) is 3.18. The Kier molecular flexibility index (Phi) is 6.24. The molecule has 0 N–H and O–H groups in total. The third kappa shape index (κ3) is 5.43. The second kappa shape index (κ2) is 8.82. The van der Waals surface area contributed by atoms with Crippen LogP contribution in [0, 0.1) is 10.1 Å². The molecule has 25 heavy (non-hydrogen) atoms. The van der Waals surface area contributed by atoms with Crippen LogP contribution >= 0.6 is 11.8 Å². The topological polar surface area (TPSA) is 55.5 Å². The number of aliphatic imine (C=N–C) groups is 1. The summed E-state index contributed by atoms with van der Waals surface area (Å²) < 4.78 is 2.37. The van der Waals surface area contributed by atoms with Gasteiger partial charge in [0.2, 0.25) is 0 Å². The third-order valence-corrected chi connectivity index (χ3v) is 7.43. The van der Waals surface area contributed by atoms with E-state index in [4.69, 9.17) is 4.99 Å². The van der Waals surface area contributed by atoms with Crippen molar-refractivity contribution >= 4 is 50.8 Å². The van der Waals surface area contributed by atoms with Gasteiger partial charge in [0.25, 0.3) is 0 Å². The zero-order valence-electron chi connectivity index (χ0n) is 13.1. The minimum atomic E-state index is -0.639. The van der Waals surface area contributed by atoms with E-state index in [-0.39, 0.29) is 5.69 Å². The summed E-state index contributed by atoms with van der Waals surface area (Å²) in [6.45, 7) is 0. The molecule has 0 aromatic heterocycles. The summed E-state index contributed by atoms with van der Waals surface area (Å²) in [6.07, 6.45) is 0. The monoisotopic (exact) mass is 464 g/mol. The number of hydrogen-bond donors (Lipinski definition) is 0. The fraction of sp³-hybridized carbons (Fsp3) is 0. The number of nitrogens with zero attached hydrogens (tertiary/aromatic N) is 2. The first-order valence-corrected chi connectivity index (χ1v) is 10.6. The van der Waals surface area contributed by atoms with Crippen molar-refractivity contribution in [3.63, 3.8) is 0 Å². The van der Waals surface area contributed by atoms with Crippen LogP contribution in [0.5, 0.6) is 0 Å². The van der Waals surface area contributed by atoms with E-state index in [1.165, 1.54) is 15.7 Å². The van der Waals surface area contributed by atoms with Gasteiger partial charge in [0, 0.05) is 0 Å². The molecule has 3 aromatic carbocycles. The molecule has 124 valence electrons. The number of rotatable bonds is 5. The van der Waals surface area contributed by atoms with Gasteiger partial charge in [-0.1, -0.05) is 0 Å². The molecule has 0 heterocycles. The molecule has 6 heteroatoms. The van der Waals surface area contributed by atoms with Crippen LogP contribution in [0.25, 0.3) is 0 Å². The van der Waals surface area contributed by atoms with E-state index >= 15 is 0 Å². The molecule has 3 rings (SSSR count). The van der Waals surface area contributed by atoms with Crippen molar-refractivity contribution in [3.8, 4) is 0 Å². The summed E-state index contributed by atoms with van der Waals surface area (Å²) in [6, 6.07) is 26.8. The molecule has 0 aliphatic carbocycles. The van der Waals surface area contributed by atoms with Gasteiger partial charge in [-0.15, -0.1) is 0 Å². The van der Waals surface area contributed by atoms with Crippen LogP contribution in [0.15, 0.2) is 94.8 Å². The van der Waals surface area contributed by atoms with Gasteiger partial charge in [0.05, 0.1) is 0 Å². The van der Waals surface area contributed by atoms with E-state index in [1.807, 2.05) is 36.4 Å². The summed E-state index contributed by atoms with van der Waals surface area (Å²) in [4.78, 5) is 16.3. The second-order valence-corrected chi connectivity index (χ2v) is 9.88. The predicted molar refractivity (Wildman–Crippen MR) is 104 cm³/mol. The molecular weight excluding hydrogens is 448 g/mol. The summed E-state index contributed by atoms with van der Waals surface area (Å²) in [7, 11) is 0. The number of benzene rings is 3. The van der Waals surface area contributed by atoms with Gasteiger partial charge >= 0.3 is 161 Å². The van der Waals surface area contributed by atoms with Crippen molar-refractivity contribution in [2.24, 2.45) is 4.99 Å². The number of nitro groups is 1. The van der Waals surface area contributed by atoms with Gasteiger partial charge < -0.3 is 0 Å². The van der Waals surface area contributed by atoms with Gasteiger partial charge in [0.15, 0.2) is 0 Å². The summed E-state index contributed by atoms with van der Waals surface area (Å²) in [5, 5.41) is 10.8. The average molecular weight is 462 g/mol. The molecule has 0 aliphatic heterocycles. The summed E-state index contributed by atoms with van der Waals surface area (Å²) >= 11 is 1.02. The zero-order chi connectivity index (χ0) is 17.5. The zero-order valence-corrected chi connectivity index (χ0v) is 16.3. The molecule has 4 nitrogen and oxygen atoms in total. The molecule has 0 fully saturated rings.